The fraction of sp³-hybridized carbons (Fsp3) is 0.917. The van der Waals surface area contributed by atoms with Crippen molar-refractivity contribution in [1.29, 1.82) is 0 Å². The molecule has 1 aliphatic rings. The first kappa shape index (κ1) is 17.7. The van der Waals surface area contributed by atoms with Crippen LogP contribution in [0.25, 0.3) is 0 Å². The van der Waals surface area contributed by atoms with Crippen molar-refractivity contribution in [2.45, 2.75) is 12.8 Å². The van der Waals surface area contributed by atoms with Crippen LogP contribution in [0.5, 0.6) is 0 Å². The molecule has 118 valence electrons. The largest absolute Gasteiger partial charge is 0.348 e. The van der Waals surface area contributed by atoms with Crippen molar-refractivity contribution in [3.63, 3.8) is 0 Å². The highest BCUT2D eigenvalue weighted by atomic mass is 35.5. The molecule has 0 atom stereocenters. The summed E-state index contributed by atoms with van der Waals surface area (Å²) < 4.78 is 25.7. The molecule has 0 radical (unpaired) electrons. The molecule has 20 heavy (non-hydrogen) atoms. The molecule has 1 saturated heterocycles. The Morgan fingerprint density at radius 1 is 1.15 bits per heavy atom. The SMILES string of the molecule is CN(C)C(=O)CN1CCN(S(=O)(=O)CCCCCl)CC1. The van der Waals surface area contributed by atoms with Gasteiger partial charge < -0.3 is 4.90 Å². The number of carbonyl (C=O) groups is 1. The Balaban J connectivity index is 2.39. The Bertz CT molecular complexity index is 406. The Morgan fingerprint density at radius 2 is 1.75 bits per heavy atom. The summed E-state index contributed by atoms with van der Waals surface area (Å²) in [4.78, 5) is 15.1. The average Bonchev–Trinajstić information content (AvgIpc) is 2.39. The number of rotatable bonds is 7. The van der Waals surface area contributed by atoms with Crippen LogP contribution in [0.4, 0.5) is 0 Å². The van der Waals surface area contributed by atoms with E-state index in [-0.39, 0.29) is 11.7 Å². The lowest BCUT2D eigenvalue weighted by Gasteiger charge is -2.34. The molecule has 0 bridgehead atoms. The number of unbranched alkanes of at least 4 members (excludes halogenated alkanes) is 1. The van der Waals surface area contributed by atoms with Crippen LogP contribution in [-0.4, -0.2) is 86.9 Å². The lowest BCUT2D eigenvalue weighted by Crippen LogP contribution is -2.51. The normalized spacial score (nSPS) is 18.1. The van der Waals surface area contributed by atoms with Gasteiger partial charge in [0.25, 0.3) is 0 Å². The van der Waals surface area contributed by atoms with Gasteiger partial charge in [0.15, 0.2) is 0 Å². The molecule has 0 unspecified atom stereocenters. The zero-order chi connectivity index (χ0) is 15.2. The molecular weight excluding hydrogens is 302 g/mol. The highest BCUT2D eigenvalue weighted by molar-refractivity contribution is 7.89. The number of hydrogen-bond acceptors (Lipinski definition) is 4. The number of piperazine rings is 1. The van der Waals surface area contributed by atoms with Gasteiger partial charge in [-0.1, -0.05) is 0 Å². The van der Waals surface area contributed by atoms with Crippen molar-refractivity contribution in [2.24, 2.45) is 0 Å². The van der Waals surface area contributed by atoms with Crippen molar-refractivity contribution in [2.75, 3.05) is 58.5 Å². The van der Waals surface area contributed by atoms with Crippen LogP contribution in [0.1, 0.15) is 12.8 Å². The van der Waals surface area contributed by atoms with Gasteiger partial charge in [-0.25, -0.2) is 8.42 Å². The van der Waals surface area contributed by atoms with E-state index in [4.69, 9.17) is 11.6 Å². The van der Waals surface area contributed by atoms with Crippen LogP contribution in [-0.2, 0) is 14.8 Å². The molecule has 0 saturated carbocycles. The molecule has 8 heteroatoms. The first-order valence-electron chi connectivity index (χ1n) is 6.83. The van der Waals surface area contributed by atoms with Crippen LogP contribution in [0, 0.1) is 0 Å². The van der Waals surface area contributed by atoms with E-state index in [9.17, 15) is 13.2 Å². The monoisotopic (exact) mass is 325 g/mol. The van der Waals surface area contributed by atoms with Crippen molar-refractivity contribution in [1.82, 2.24) is 14.1 Å². The van der Waals surface area contributed by atoms with Crippen LogP contribution in [0.3, 0.4) is 0 Å². The second kappa shape index (κ2) is 8.17. The van der Waals surface area contributed by atoms with Gasteiger partial charge in [-0.2, -0.15) is 4.31 Å². The molecule has 0 spiro atoms. The van der Waals surface area contributed by atoms with Gasteiger partial charge in [0.2, 0.25) is 15.9 Å². The third-order valence-corrected chi connectivity index (χ3v) is 5.59. The number of halogens is 1. The Labute approximate surface area is 126 Å². The van der Waals surface area contributed by atoms with E-state index in [1.807, 2.05) is 4.90 Å². The fourth-order valence-electron chi connectivity index (χ4n) is 2.01. The first-order valence-corrected chi connectivity index (χ1v) is 8.97. The molecule has 0 aromatic heterocycles. The molecule has 1 amide bonds. The number of hydrogen-bond donors (Lipinski definition) is 0. The van der Waals surface area contributed by atoms with Gasteiger partial charge in [-0.15, -0.1) is 11.6 Å². The van der Waals surface area contributed by atoms with Crippen molar-refractivity contribution in [3.8, 4) is 0 Å². The Kier molecular flexibility index (Phi) is 7.22. The van der Waals surface area contributed by atoms with Crippen LogP contribution in [0.2, 0.25) is 0 Å². The molecule has 0 N–H and O–H groups in total. The number of carbonyl (C=O) groups excluding carboxylic acids is 1. The second-order valence-corrected chi connectivity index (χ2v) is 7.64. The molecule has 1 aliphatic heterocycles. The molecule has 1 rings (SSSR count). The minimum absolute atomic E-state index is 0.0448. The summed E-state index contributed by atoms with van der Waals surface area (Å²) in [7, 11) is 0.273. The third-order valence-electron chi connectivity index (χ3n) is 3.37. The summed E-state index contributed by atoms with van der Waals surface area (Å²) >= 11 is 5.56. The summed E-state index contributed by atoms with van der Waals surface area (Å²) in [6.07, 6.45) is 1.32. The molecule has 0 aliphatic carbocycles. The van der Waals surface area contributed by atoms with E-state index in [2.05, 4.69) is 0 Å². The second-order valence-electron chi connectivity index (χ2n) is 5.18. The van der Waals surface area contributed by atoms with Gasteiger partial charge in [0.05, 0.1) is 12.3 Å². The van der Waals surface area contributed by atoms with E-state index in [0.29, 0.717) is 45.0 Å². The predicted molar refractivity (Wildman–Crippen MR) is 80.4 cm³/mol. The minimum atomic E-state index is -3.17. The zero-order valence-electron chi connectivity index (χ0n) is 12.2. The van der Waals surface area contributed by atoms with Gasteiger partial charge in [-0.3, -0.25) is 9.69 Å². The highest BCUT2D eigenvalue weighted by Crippen LogP contribution is 2.10. The minimum Gasteiger partial charge on any atom is -0.348 e. The van der Waals surface area contributed by atoms with Crippen LogP contribution < -0.4 is 0 Å². The first-order chi connectivity index (χ1) is 9.36. The number of amides is 1. The third kappa shape index (κ3) is 5.55. The van der Waals surface area contributed by atoms with Crippen molar-refractivity contribution < 1.29 is 13.2 Å². The quantitative estimate of drug-likeness (QED) is 0.490. The maximum absolute atomic E-state index is 12.1. The summed E-state index contributed by atoms with van der Waals surface area (Å²) in [6, 6.07) is 0. The topological polar surface area (TPSA) is 60.9 Å². The maximum Gasteiger partial charge on any atom is 0.236 e. The number of sulfonamides is 1. The van der Waals surface area contributed by atoms with E-state index >= 15 is 0 Å². The number of likely N-dealkylation sites (N-methyl/N-ethyl adjacent to an activating group) is 1. The molecule has 1 fully saturated rings. The number of nitrogens with zero attached hydrogens (tertiary/aromatic N) is 3. The number of alkyl halides is 1. The van der Waals surface area contributed by atoms with Gasteiger partial charge in [-0.05, 0) is 12.8 Å². The van der Waals surface area contributed by atoms with Gasteiger partial charge in [0, 0.05) is 46.2 Å². The zero-order valence-corrected chi connectivity index (χ0v) is 13.8. The predicted octanol–water partition coefficient (Wildman–Crippen LogP) is 0.0410. The summed E-state index contributed by atoms with van der Waals surface area (Å²) in [5.41, 5.74) is 0. The average molecular weight is 326 g/mol. The van der Waals surface area contributed by atoms with E-state index in [1.54, 1.807) is 19.0 Å². The van der Waals surface area contributed by atoms with Crippen LogP contribution >= 0.6 is 11.6 Å². The highest BCUT2D eigenvalue weighted by Gasteiger charge is 2.27. The van der Waals surface area contributed by atoms with Gasteiger partial charge >= 0.3 is 0 Å². The molecule has 6 nitrogen and oxygen atoms in total. The summed E-state index contributed by atoms with van der Waals surface area (Å²) in [6.45, 7) is 2.49. The summed E-state index contributed by atoms with van der Waals surface area (Å²) in [5.74, 6) is 0.704. The maximum atomic E-state index is 12.1. The fourth-order valence-corrected chi connectivity index (χ4v) is 3.74. The molecule has 1 heterocycles. The Morgan fingerprint density at radius 3 is 2.25 bits per heavy atom. The standard InChI is InChI=1S/C12H24ClN3O3S/c1-14(2)12(17)11-15-6-8-16(9-7-15)20(18,19)10-4-3-5-13/h3-11H2,1-2H3. The van der Waals surface area contributed by atoms with Gasteiger partial charge in [0.1, 0.15) is 0 Å². The van der Waals surface area contributed by atoms with E-state index in [1.165, 1.54) is 4.31 Å². The lowest BCUT2D eigenvalue weighted by atomic mass is 10.3. The van der Waals surface area contributed by atoms with Crippen molar-refractivity contribution >= 4 is 27.5 Å². The van der Waals surface area contributed by atoms with Crippen molar-refractivity contribution in [3.05, 3.63) is 0 Å². The smallest absolute Gasteiger partial charge is 0.236 e. The summed E-state index contributed by atoms with van der Waals surface area (Å²) in [5, 5.41) is 0. The van der Waals surface area contributed by atoms with E-state index in [0.717, 1.165) is 6.42 Å². The molecular formula is C12H24ClN3O3S. The lowest BCUT2D eigenvalue weighted by molar-refractivity contribution is -0.130. The van der Waals surface area contributed by atoms with E-state index < -0.39 is 10.0 Å². The van der Waals surface area contributed by atoms with Crippen LogP contribution in [0.15, 0.2) is 0 Å². The molecule has 0 aromatic carbocycles. The Hall–Kier alpha value is -0.370. The molecule has 0 aromatic rings.